The van der Waals surface area contributed by atoms with Crippen LogP contribution in [0.15, 0.2) is 42.6 Å². The second-order valence-corrected chi connectivity index (χ2v) is 6.44. The first-order valence-corrected chi connectivity index (χ1v) is 8.32. The van der Waals surface area contributed by atoms with Gasteiger partial charge in [-0.3, -0.25) is 4.79 Å². The third-order valence-electron chi connectivity index (χ3n) is 4.86. The maximum Gasteiger partial charge on any atom is 0.257 e. The molecule has 2 bridgehead atoms. The molecule has 124 valence electrons. The highest BCUT2D eigenvalue weighted by Crippen LogP contribution is 2.27. The Balaban J connectivity index is 1.47. The first-order chi connectivity index (χ1) is 11.7. The van der Waals surface area contributed by atoms with E-state index in [1.807, 2.05) is 24.3 Å². The van der Waals surface area contributed by atoms with E-state index >= 15 is 0 Å². The summed E-state index contributed by atoms with van der Waals surface area (Å²) in [5, 5.41) is 6.36. The summed E-state index contributed by atoms with van der Waals surface area (Å²) < 4.78 is 0. The molecule has 1 amide bonds. The maximum absolute atomic E-state index is 12.4. The molecule has 3 fully saturated rings. The second-order valence-electron chi connectivity index (χ2n) is 6.44. The zero-order chi connectivity index (χ0) is 16.5. The van der Waals surface area contributed by atoms with Gasteiger partial charge in [0, 0.05) is 31.4 Å². The Kier molecular flexibility index (Phi) is 3.82. The van der Waals surface area contributed by atoms with Crippen LogP contribution in [0.4, 0.5) is 17.2 Å². The Hall–Kier alpha value is -2.60. The minimum Gasteiger partial charge on any atom is -0.397 e. The van der Waals surface area contributed by atoms with Crippen molar-refractivity contribution in [2.45, 2.75) is 24.9 Å². The number of rotatable bonds is 3. The lowest BCUT2D eigenvalue weighted by Gasteiger charge is -2.46. The zero-order valence-corrected chi connectivity index (χ0v) is 13.4. The third kappa shape index (κ3) is 2.80. The largest absolute Gasteiger partial charge is 0.397 e. The number of piperazine rings is 1. The summed E-state index contributed by atoms with van der Waals surface area (Å²) in [4.78, 5) is 19.2. The number of amides is 1. The average molecular weight is 323 g/mol. The van der Waals surface area contributed by atoms with Gasteiger partial charge in [0.05, 0.1) is 16.9 Å². The summed E-state index contributed by atoms with van der Waals surface area (Å²) in [5.74, 6) is 0.746. The van der Waals surface area contributed by atoms with Crippen LogP contribution in [0.2, 0.25) is 0 Å². The summed E-state index contributed by atoms with van der Waals surface area (Å²) >= 11 is 0. The Bertz CT molecular complexity index is 737. The molecule has 2 atom stereocenters. The van der Waals surface area contributed by atoms with Crippen molar-refractivity contribution in [3.8, 4) is 0 Å². The van der Waals surface area contributed by atoms with E-state index in [-0.39, 0.29) is 5.91 Å². The monoisotopic (exact) mass is 323 g/mol. The molecule has 3 aliphatic rings. The minimum absolute atomic E-state index is 0.200. The van der Waals surface area contributed by atoms with Gasteiger partial charge in [-0.05, 0) is 37.1 Å². The highest BCUT2D eigenvalue weighted by Gasteiger charge is 2.33. The van der Waals surface area contributed by atoms with Crippen LogP contribution < -0.4 is 21.3 Å². The van der Waals surface area contributed by atoms with E-state index in [0.717, 1.165) is 18.9 Å². The van der Waals surface area contributed by atoms with Gasteiger partial charge in [0.15, 0.2) is 0 Å². The van der Waals surface area contributed by atoms with Gasteiger partial charge >= 0.3 is 0 Å². The Morgan fingerprint density at radius 3 is 2.75 bits per heavy atom. The van der Waals surface area contributed by atoms with Crippen LogP contribution in [-0.2, 0) is 0 Å². The van der Waals surface area contributed by atoms with E-state index in [1.54, 1.807) is 18.3 Å². The topological polar surface area (TPSA) is 83.3 Å². The van der Waals surface area contributed by atoms with Crippen LogP contribution in [0.5, 0.6) is 0 Å². The molecule has 0 radical (unpaired) electrons. The van der Waals surface area contributed by atoms with Crippen molar-refractivity contribution < 1.29 is 4.79 Å². The number of aromatic nitrogens is 1. The standard InChI is InChI=1S/C18H21N5O/c19-15-3-1-2-4-16(15)22-18(24)12-5-8-17(21-9-12)23-11-13-6-7-14(23)10-20-13/h1-5,8-9,13-14,20H,6-7,10-11,19H2,(H,22,24)/t13-,14-/m1/s1. The number of piperidine rings is 2. The molecule has 24 heavy (non-hydrogen) atoms. The first-order valence-electron chi connectivity index (χ1n) is 8.32. The maximum atomic E-state index is 12.4. The number of nitrogens with two attached hydrogens (primary N) is 1. The number of carbonyl (C=O) groups excluding carboxylic acids is 1. The molecule has 1 aromatic carbocycles. The van der Waals surface area contributed by atoms with Gasteiger partial charge in [0.2, 0.25) is 0 Å². The van der Waals surface area contributed by atoms with Gasteiger partial charge in [-0.2, -0.15) is 0 Å². The predicted octanol–water partition coefficient (Wildman–Crippen LogP) is 1.86. The molecule has 0 unspecified atom stereocenters. The average Bonchev–Trinajstić information content (AvgIpc) is 2.64. The highest BCUT2D eigenvalue weighted by atomic mass is 16.1. The summed E-state index contributed by atoms with van der Waals surface area (Å²) in [6.45, 7) is 2.01. The van der Waals surface area contributed by atoms with Crippen molar-refractivity contribution >= 4 is 23.1 Å². The van der Waals surface area contributed by atoms with Crippen molar-refractivity contribution in [3.63, 3.8) is 0 Å². The van der Waals surface area contributed by atoms with E-state index in [1.165, 1.54) is 12.8 Å². The fraction of sp³-hybridized carbons (Fsp3) is 0.333. The first kappa shape index (κ1) is 15.0. The van der Waals surface area contributed by atoms with Crippen LogP contribution >= 0.6 is 0 Å². The number of anilines is 3. The van der Waals surface area contributed by atoms with E-state index in [2.05, 4.69) is 20.5 Å². The molecule has 6 heteroatoms. The number of carbonyl (C=O) groups is 1. The van der Waals surface area contributed by atoms with Crippen LogP contribution in [0.25, 0.3) is 0 Å². The number of nitrogens with zero attached hydrogens (tertiary/aromatic N) is 2. The molecule has 3 aliphatic heterocycles. The van der Waals surface area contributed by atoms with Crippen LogP contribution in [0.1, 0.15) is 23.2 Å². The second kappa shape index (κ2) is 6.13. The van der Waals surface area contributed by atoms with Crippen molar-refractivity contribution in [2.75, 3.05) is 29.0 Å². The molecule has 0 aliphatic carbocycles. The number of para-hydroxylation sites is 2. The van der Waals surface area contributed by atoms with Crippen molar-refractivity contribution in [1.82, 2.24) is 10.3 Å². The quantitative estimate of drug-likeness (QED) is 0.751. The number of nitrogen functional groups attached to an aromatic ring is 1. The fourth-order valence-corrected chi connectivity index (χ4v) is 3.48. The zero-order valence-electron chi connectivity index (χ0n) is 13.4. The molecule has 0 saturated carbocycles. The smallest absolute Gasteiger partial charge is 0.257 e. The Morgan fingerprint density at radius 1 is 1.25 bits per heavy atom. The molecule has 0 spiro atoms. The van der Waals surface area contributed by atoms with Gasteiger partial charge in [-0.15, -0.1) is 0 Å². The van der Waals surface area contributed by atoms with E-state index in [4.69, 9.17) is 5.73 Å². The van der Waals surface area contributed by atoms with E-state index in [9.17, 15) is 4.79 Å². The molecule has 3 saturated heterocycles. The number of nitrogens with one attached hydrogen (secondary N) is 2. The SMILES string of the molecule is Nc1ccccc1NC(=O)c1ccc(N2C[C@H]3CC[C@@H]2CN3)nc1. The normalized spacial score (nSPS) is 22.4. The fourth-order valence-electron chi connectivity index (χ4n) is 3.48. The van der Waals surface area contributed by atoms with Gasteiger partial charge in [0.25, 0.3) is 5.91 Å². The molecule has 6 nitrogen and oxygen atoms in total. The lowest BCUT2D eigenvalue weighted by Crippen LogP contribution is -2.61. The number of hydrogen-bond donors (Lipinski definition) is 3. The van der Waals surface area contributed by atoms with Gasteiger partial charge < -0.3 is 21.3 Å². The van der Waals surface area contributed by atoms with E-state index < -0.39 is 0 Å². The Labute approximate surface area is 141 Å². The summed E-state index contributed by atoms with van der Waals surface area (Å²) in [6.07, 6.45) is 4.08. The molecule has 4 heterocycles. The number of benzene rings is 1. The molecule has 2 aromatic rings. The lowest BCUT2D eigenvalue weighted by molar-refractivity contribution is 0.102. The van der Waals surface area contributed by atoms with Crippen molar-refractivity contribution in [3.05, 3.63) is 48.2 Å². The van der Waals surface area contributed by atoms with Gasteiger partial charge in [-0.1, -0.05) is 12.1 Å². The molecular weight excluding hydrogens is 302 g/mol. The van der Waals surface area contributed by atoms with E-state index in [0.29, 0.717) is 29.0 Å². The predicted molar refractivity (Wildman–Crippen MR) is 95.2 cm³/mol. The number of fused-ring (bicyclic) bond motifs is 3. The third-order valence-corrected chi connectivity index (χ3v) is 4.86. The van der Waals surface area contributed by atoms with Gasteiger partial charge in [0.1, 0.15) is 5.82 Å². The van der Waals surface area contributed by atoms with Crippen LogP contribution in [0, 0.1) is 0 Å². The molecule has 5 rings (SSSR count). The molecule has 1 aromatic heterocycles. The number of hydrogen-bond acceptors (Lipinski definition) is 5. The van der Waals surface area contributed by atoms with Gasteiger partial charge in [-0.25, -0.2) is 4.98 Å². The van der Waals surface area contributed by atoms with Crippen molar-refractivity contribution in [2.24, 2.45) is 0 Å². The Morgan fingerprint density at radius 2 is 2.12 bits per heavy atom. The summed E-state index contributed by atoms with van der Waals surface area (Å²) in [5.41, 5.74) is 7.56. The summed E-state index contributed by atoms with van der Waals surface area (Å²) in [7, 11) is 0. The number of pyridine rings is 1. The molecule has 4 N–H and O–H groups in total. The molecular formula is C18H21N5O. The summed E-state index contributed by atoms with van der Waals surface area (Å²) in [6, 6.07) is 12.0. The van der Waals surface area contributed by atoms with Crippen LogP contribution in [0.3, 0.4) is 0 Å². The highest BCUT2D eigenvalue weighted by molar-refractivity contribution is 6.05. The van der Waals surface area contributed by atoms with Crippen molar-refractivity contribution in [1.29, 1.82) is 0 Å². The lowest BCUT2D eigenvalue weighted by atomic mass is 9.93. The minimum atomic E-state index is -0.200. The van der Waals surface area contributed by atoms with Crippen LogP contribution in [-0.4, -0.2) is 36.1 Å².